The Balaban J connectivity index is 1.54. The van der Waals surface area contributed by atoms with E-state index in [9.17, 15) is 14.4 Å². The lowest BCUT2D eigenvalue weighted by Gasteiger charge is -2.13. The summed E-state index contributed by atoms with van der Waals surface area (Å²) in [5, 5.41) is 0.572. The van der Waals surface area contributed by atoms with E-state index < -0.39 is 5.97 Å². The number of aryl methyl sites for hydroxylation is 1. The third-order valence-corrected chi connectivity index (χ3v) is 4.24. The maximum atomic E-state index is 12.2. The molecule has 1 heterocycles. The number of benzene rings is 2. The second-order valence-corrected chi connectivity index (χ2v) is 6.23. The highest BCUT2D eigenvalue weighted by Gasteiger charge is 2.34. The number of carbonyl (C=O) groups excluding carboxylic acids is 3. The molecule has 2 aromatic rings. The van der Waals surface area contributed by atoms with Gasteiger partial charge in [0.1, 0.15) is 5.75 Å². The van der Waals surface area contributed by atoms with Crippen molar-refractivity contribution in [1.82, 2.24) is 4.90 Å². The van der Waals surface area contributed by atoms with Gasteiger partial charge in [0.15, 0.2) is 0 Å². The van der Waals surface area contributed by atoms with Crippen LogP contribution >= 0.6 is 11.6 Å². The van der Waals surface area contributed by atoms with Crippen molar-refractivity contribution in [3.05, 3.63) is 64.2 Å². The highest BCUT2D eigenvalue weighted by atomic mass is 35.5. The smallest absolute Gasteiger partial charge is 0.311 e. The number of esters is 1. The monoisotopic (exact) mass is 357 g/mol. The molecule has 3 rings (SSSR count). The van der Waals surface area contributed by atoms with Crippen LogP contribution in [0.2, 0.25) is 5.02 Å². The van der Waals surface area contributed by atoms with Gasteiger partial charge < -0.3 is 4.74 Å². The number of amides is 2. The zero-order valence-corrected chi connectivity index (χ0v) is 14.4. The molecule has 5 nitrogen and oxygen atoms in total. The summed E-state index contributed by atoms with van der Waals surface area (Å²) in [4.78, 5) is 37.6. The van der Waals surface area contributed by atoms with Crippen LogP contribution in [0.4, 0.5) is 0 Å². The summed E-state index contributed by atoms with van der Waals surface area (Å²) in [6.07, 6.45) is 0.451. The van der Waals surface area contributed by atoms with Crippen LogP contribution in [-0.2, 0) is 4.79 Å². The molecule has 2 amide bonds. The molecule has 0 bridgehead atoms. The van der Waals surface area contributed by atoms with Gasteiger partial charge >= 0.3 is 5.97 Å². The summed E-state index contributed by atoms with van der Waals surface area (Å²) in [6, 6.07) is 11.7. The highest BCUT2D eigenvalue weighted by molar-refractivity contribution is 6.30. The van der Waals surface area contributed by atoms with Crippen LogP contribution < -0.4 is 4.74 Å². The predicted octanol–water partition coefficient (Wildman–Crippen LogP) is 3.63. The molecule has 0 fully saturated rings. The molecule has 0 aromatic heterocycles. The van der Waals surface area contributed by atoms with E-state index in [1.54, 1.807) is 49.4 Å². The van der Waals surface area contributed by atoms with Gasteiger partial charge in [-0.15, -0.1) is 0 Å². The lowest BCUT2D eigenvalue weighted by molar-refractivity contribution is -0.134. The van der Waals surface area contributed by atoms with Crippen molar-refractivity contribution in [2.75, 3.05) is 6.54 Å². The second kappa shape index (κ2) is 7.07. The molecular formula is C19H16ClNO4. The van der Waals surface area contributed by atoms with Crippen molar-refractivity contribution in [2.24, 2.45) is 0 Å². The van der Waals surface area contributed by atoms with Crippen molar-refractivity contribution < 1.29 is 19.1 Å². The maximum absolute atomic E-state index is 12.2. The fourth-order valence-electron chi connectivity index (χ4n) is 2.72. The van der Waals surface area contributed by atoms with Crippen molar-refractivity contribution >= 4 is 29.4 Å². The van der Waals surface area contributed by atoms with Crippen molar-refractivity contribution in [3.8, 4) is 5.75 Å². The third kappa shape index (κ3) is 3.56. The second-order valence-electron chi connectivity index (χ2n) is 5.79. The molecule has 0 unspecified atom stereocenters. The van der Waals surface area contributed by atoms with E-state index in [4.69, 9.17) is 16.3 Å². The first-order valence-corrected chi connectivity index (χ1v) is 8.27. The highest BCUT2D eigenvalue weighted by Crippen LogP contribution is 2.24. The average Bonchev–Trinajstić information content (AvgIpc) is 2.83. The maximum Gasteiger partial charge on any atom is 0.311 e. The first kappa shape index (κ1) is 17.2. The normalized spacial score (nSPS) is 13.1. The van der Waals surface area contributed by atoms with Crippen molar-refractivity contribution in [3.63, 3.8) is 0 Å². The Kier molecular flexibility index (Phi) is 4.86. The summed E-state index contributed by atoms with van der Waals surface area (Å²) in [5.74, 6) is -0.595. The molecule has 0 N–H and O–H groups in total. The largest absolute Gasteiger partial charge is 0.426 e. The topological polar surface area (TPSA) is 63.7 Å². The number of fused-ring (bicyclic) bond motifs is 1. The first-order valence-electron chi connectivity index (χ1n) is 7.89. The molecule has 128 valence electrons. The lowest BCUT2D eigenvalue weighted by Crippen LogP contribution is -2.31. The van der Waals surface area contributed by atoms with E-state index in [2.05, 4.69) is 0 Å². The molecule has 2 aromatic carbocycles. The van der Waals surface area contributed by atoms with Gasteiger partial charge in [-0.05, 0) is 49.2 Å². The van der Waals surface area contributed by atoms with Gasteiger partial charge in [-0.25, -0.2) is 0 Å². The Hall–Kier alpha value is -2.66. The van der Waals surface area contributed by atoms with E-state index in [0.29, 0.717) is 28.3 Å². The minimum absolute atomic E-state index is 0.107. The summed E-state index contributed by atoms with van der Waals surface area (Å²) >= 11 is 5.87. The molecule has 0 saturated heterocycles. The molecule has 0 spiro atoms. The Bertz CT molecular complexity index is 827. The van der Waals surface area contributed by atoms with Crippen LogP contribution in [-0.4, -0.2) is 29.2 Å². The van der Waals surface area contributed by atoms with Crippen LogP contribution in [0, 0.1) is 6.92 Å². The number of nitrogens with zero attached hydrogens (tertiary/aromatic N) is 1. The molecule has 0 saturated carbocycles. The van der Waals surface area contributed by atoms with E-state index in [1.807, 2.05) is 0 Å². The number of hydrogen-bond acceptors (Lipinski definition) is 4. The Morgan fingerprint density at radius 2 is 1.72 bits per heavy atom. The molecule has 1 aliphatic heterocycles. The van der Waals surface area contributed by atoms with Gasteiger partial charge in [-0.3, -0.25) is 19.3 Å². The summed E-state index contributed by atoms with van der Waals surface area (Å²) in [6.45, 7) is 1.98. The Morgan fingerprint density at radius 3 is 2.32 bits per heavy atom. The summed E-state index contributed by atoms with van der Waals surface area (Å²) < 4.78 is 5.29. The van der Waals surface area contributed by atoms with Crippen LogP contribution in [0.3, 0.4) is 0 Å². The molecule has 6 heteroatoms. The number of ether oxygens (including phenoxy) is 1. The fourth-order valence-corrected chi connectivity index (χ4v) is 2.95. The number of imide groups is 1. The van der Waals surface area contributed by atoms with Crippen molar-refractivity contribution in [2.45, 2.75) is 19.8 Å². The fraction of sp³-hybridized carbons (Fsp3) is 0.211. The Labute approximate surface area is 150 Å². The van der Waals surface area contributed by atoms with E-state index in [1.165, 1.54) is 4.90 Å². The minimum atomic E-state index is -0.415. The molecule has 0 aliphatic carbocycles. The first-order chi connectivity index (χ1) is 12.0. The van der Waals surface area contributed by atoms with Gasteiger partial charge in [0.2, 0.25) is 0 Å². The summed E-state index contributed by atoms with van der Waals surface area (Å²) in [5.41, 5.74) is 1.58. The third-order valence-electron chi connectivity index (χ3n) is 4.00. The molecule has 0 atom stereocenters. The Morgan fingerprint density at radius 1 is 1.08 bits per heavy atom. The molecular weight excluding hydrogens is 342 g/mol. The van der Waals surface area contributed by atoms with Gasteiger partial charge in [-0.2, -0.15) is 0 Å². The predicted molar refractivity (Wildman–Crippen MR) is 92.9 cm³/mol. The molecule has 0 radical (unpaired) electrons. The SMILES string of the molecule is Cc1cc(Cl)ccc1OC(=O)CCCN1C(=O)c2ccccc2C1=O. The zero-order chi connectivity index (χ0) is 18.0. The van der Waals surface area contributed by atoms with Crippen molar-refractivity contribution in [1.29, 1.82) is 0 Å². The quantitative estimate of drug-likeness (QED) is 0.465. The van der Waals surface area contributed by atoms with Gasteiger partial charge in [0.05, 0.1) is 11.1 Å². The van der Waals surface area contributed by atoms with E-state index >= 15 is 0 Å². The molecule has 25 heavy (non-hydrogen) atoms. The van der Waals surface area contributed by atoms with Crippen LogP contribution in [0.25, 0.3) is 0 Å². The lowest BCUT2D eigenvalue weighted by atomic mass is 10.1. The summed E-state index contributed by atoms with van der Waals surface area (Å²) in [7, 11) is 0. The molecule has 1 aliphatic rings. The number of rotatable bonds is 5. The van der Waals surface area contributed by atoms with E-state index in [-0.39, 0.29) is 24.8 Å². The number of hydrogen-bond donors (Lipinski definition) is 0. The van der Waals surface area contributed by atoms with Crippen LogP contribution in [0.5, 0.6) is 5.75 Å². The van der Waals surface area contributed by atoms with Crippen LogP contribution in [0.1, 0.15) is 39.1 Å². The van der Waals surface area contributed by atoms with Gasteiger partial charge in [0.25, 0.3) is 11.8 Å². The van der Waals surface area contributed by atoms with Gasteiger partial charge in [0, 0.05) is 18.0 Å². The van der Waals surface area contributed by atoms with Gasteiger partial charge in [-0.1, -0.05) is 23.7 Å². The number of halogens is 1. The van der Waals surface area contributed by atoms with E-state index in [0.717, 1.165) is 5.56 Å². The zero-order valence-electron chi connectivity index (χ0n) is 13.6. The standard InChI is InChI=1S/C19H16ClNO4/c1-12-11-13(20)8-9-16(12)25-17(22)7-4-10-21-18(23)14-5-2-3-6-15(14)19(21)24/h2-3,5-6,8-9,11H,4,7,10H2,1H3. The van der Waals surface area contributed by atoms with Crippen LogP contribution in [0.15, 0.2) is 42.5 Å². The minimum Gasteiger partial charge on any atom is -0.426 e. The number of carbonyl (C=O) groups is 3. The average molecular weight is 358 g/mol.